The predicted octanol–water partition coefficient (Wildman–Crippen LogP) is 2.31. The lowest BCUT2D eigenvalue weighted by atomic mass is 9.99. The molecule has 4 heteroatoms. The fourth-order valence-electron chi connectivity index (χ4n) is 3.13. The molecule has 4 nitrogen and oxygen atoms in total. The van der Waals surface area contributed by atoms with Gasteiger partial charge in [0.1, 0.15) is 5.82 Å². The predicted molar refractivity (Wildman–Crippen MR) is 76.0 cm³/mol. The molecular weight excluding hydrogens is 238 g/mol. The van der Waals surface area contributed by atoms with Gasteiger partial charge in [-0.3, -0.25) is 0 Å². The number of benzene rings is 1. The lowest BCUT2D eigenvalue weighted by Crippen LogP contribution is -2.16. The van der Waals surface area contributed by atoms with E-state index in [0.717, 1.165) is 36.4 Å². The van der Waals surface area contributed by atoms with E-state index >= 15 is 0 Å². The molecule has 0 spiro atoms. The molecule has 1 fully saturated rings. The Morgan fingerprint density at radius 3 is 3.05 bits per heavy atom. The van der Waals surface area contributed by atoms with Crippen molar-refractivity contribution in [2.75, 3.05) is 6.61 Å². The number of para-hydroxylation sites is 1. The molecule has 3 rings (SSSR count). The van der Waals surface area contributed by atoms with Crippen LogP contribution in [0.1, 0.15) is 37.1 Å². The fourth-order valence-corrected chi connectivity index (χ4v) is 3.13. The number of imidazole rings is 1. The van der Waals surface area contributed by atoms with Crippen LogP contribution in [0.25, 0.3) is 11.0 Å². The highest BCUT2D eigenvalue weighted by Crippen LogP contribution is 2.34. The van der Waals surface area contributed by atoms with Crippen LogP contribution >= 0.6 is 0 Å². The normalized spacial score (nSPS) is 23.3. The molecule has 1 aliphatic rings. The molecule has 0 amide bonds. The molecule has 0 saturated carbocycles. The Morgan fingerprint density at radius 2 is 2.32 bits per heavy atom. The van der Waals surface area contributed by atoms with E-state index in [1.54, 1.807) is 0 Å². The van der Waals surface area contributed by atoms with Crippen LogP contribution in [0, 0.1) is 0 Å². The van der Waals surface area contributed by atoms with Crippen molar-refractivity contribution in [2.45, 2.75) is 38.3 Å². The highest BCUT2D eigenvalue weighted by molar-refractivity contribution is 5.79. The third-order valence-corrected chi connectivity index (χ3v) is 4.19. The first-order valence-corrected chi connectivity index (χ1v) is 7.02. The molecule has 1 aromatic carbocycles. The van der Waals surface area contributed by atoms with Gasteiger partial charge in [-0.2, -0.15) is 0 Å². The number of aromatic nitrogens is 2. The molecular formula is C15H21N3O. The molecule has 0 bridgehead atoms. The van der Waals surface area contributed by atoms with Gasteiger partial charge in [-0.25, -0.2) is 4.98 Å². The van der Waals surface area contributed by atoms with Crippen molar-refractivity contribution < 1.29 is 4.74 Å². The van der Waals surface area contributed by atoms with Gasteiger partial charge in [-0.1, -0.05) is 19.1 Å². The Balaban J connectivity index is 2.12. The third kappa shape index (κ3) is 1.95. The van der Waals surface area contributed by atoms with E-state index in [9.17, 15) is 0 Å². The summed E-state index contributed by atoms with van der Waals surface area (Å²) in [6.45, 7) is 3.55. The van der Waals surface area contributed by atoms with E-state index in [0.29, 0.717) is 18.6 Å². The maximum atomic E-state index is 5.81. The first kappa shape index (κ1) is 12.6. The van der Waals surface area contributed by atoms with Gasteiger partial charge < -0.3 is 15.0 Å². The molecule has 1 saturated heterocycles. The van der Waals surface area contributed by atoms with Gasteiger partial charge in [-0.05, 0) is 24.5 Å². The first-order chi connectivity index (χ1) is 9.26. The summed E-state index contributed by atoms with van der Waals surface area (Å²) < 4.78 is 8.00. The van der Waals surface area contributed by atoms with Crippen LogP contribution in [0.2, 0.25) is 0 Å². The average molecular weight is 259 g/mol. The van der Waals surface area contributed by atoms with E-state index in [4.69, 9.17) is 15.5 Å². The topological polar surface area (TPSA) is 53.1 Å². The minimum absolute atomic E-state index is 0.303. The van der Waals surface area contributed by atoms with Crippen molar-refractivity contribution >= 4 is 11.0 Å². The van der Waals surface area contributed by atoms with Crippen molar-refractivity contribution in [1.29, 1.82) is 0 Å². The van der Waals surface area contributed by atoms with Gasteiger partial charge in [0, 0.05) is 26.1 Å². The van der Waals surface area contributed by atoms with E-state index in [2.05, 4.69) is 36.7 Å². The van der Waals surface area contributed by atoms with Gasteiger partial charge in [0.2, 0.25) is 0 Å². The van der Waals surface area contributed by atoms with Gasteiger partial charge in [0.15, 0.2) is 0 Å². The number of aryl methyl sites for hydroxylation is 1. The van der Waals surface area contributed by atoms with Crippen LogP contribution in [0.15, 0.2) is 18.2 Å². The van der Waals surface area contributed by atoms with Crippen molar-refractivity contribution in [3.8, 4) is 0 Å². The summed E-state index contributed by atoms with van der Waals surface area (Å²) in [4.78, 5) is 4.87. The smallest absolute Gasteiger partial charge is 0.115 e. The maximum absolute atomic E-state index is 5.81. The largest absolute Gasteiger partial charge is 0.377 e. The van der Waals surface area contributed by atoms with Crippen molar-refractivity contribution in [2.24, 2.45) is 12.8 Å². The summed E-state index contributed by atoms with van der Waals surface area (Å²) in [5, 5.41) is 0. The van der Waals surface area contributed by atoms with Crippen molar-refractivity contribution in [3.05, 3.63) is 29.6 Å². The molecule has 0 radical (unpaired) electrons. The highest BCUT2D eigenvalue weighted by Gasteiger charge is 2.31. The lowest BCUT2D eigenvalue weighted by Gasteiger charge is -2.16. The third-order valence-electron chi connectivity index (χ3n) is 4.19. The van der Waals surface area contributed by atoms with Gasteiger partial charge in [0.05, 0.1) is 17.1 Å². The SMILES string of the molecule is CCC1OCCC1c1nc2c(CN)cccc2n1C. The number of nitrogens with zero attached hydrogens (tertiary/aromatic N) is 2. The Kier molecular flexibility index (Phi) is 3.29. The van der Waals surface area contributed by atoms with Crippen molar-refractivity contribution in [3.63, 3.8) is 0 Å². The van der Waals surface area contributed by atoms with E-state index in [1.807, 2.05) is 0 Å². The molecule has 2 aromatic rings. The number of nitrogens with two attached hydrogens (primary N) is 1. The van der Waals surface area contributed by atoms with Crippen LogP contribution in [-0.4, -0.2) is 22.3 Å². The molecule has 2 unspecified atom stereocenters. The zero-order valence-electron chi connectivity index (χ0n) is 11.6. The lowest BCUT2D eigenvalue weighted by molar-refractivity contribution is 0.0991. The Labute approximate surface area is 113 Å². The molecule has 19 heavy (non-hydrogen) atoms. The Morgan fingerprint density at radius 1 is 1.47 bits per heavy atom. The molecule has 1 aliphatic heterocycles. The summed E-state index contributed by atoms with van der Waals surface area (Å²) in [7, 11) is 2.09. The summed E-state index contributed by atoms with van der Waals surface area (Å²) in [5.41, 5.74) is 9.14. The molecule has 2 heterocycles. The number of ether oxygens (including phenoxy) is 1. The molecule has 2 atom stereocenters. The minimum atomic E-state index is 0.303. The van der Waals surface area contributed by atoms with Crippen LogP contribution < -0.4 is 5.73 Å². The minimum Gasteiger partial charge on any atom is -0.377 e. The quantitative estimate of drug-likeness (QED) is 0.920. The number of rotatable bonds is 3. The zero-order valence-corrected chi connectivity index (χ0v) is 11.6. The van der Waals surface area contributed by atoms with Crippen LogP contribution in [-0.2, 0) is 18.3 Å². The fraction of sp³-hybridized carbons (Fsp3) is 0.533. The first-order valence-electron chi connectivity index (χ1n) is 7.02. The van der Waals surface area contributed by atoms with Crippen molar-refractivity contribution in [1.82, 2.24) is 9.55 Å². The zero-order chi connectivity index (χ0) is 13.4. The second kappa shape index (κ2) is 4.94. The Hall–Kier alpha value is -1.39. The second-order valence-corrected chi connectivity index (χ2v) is 5.23. The number of hydrogen-bond donors (Lipinski definition) is 1. The summed E-state index contributed by atoms with van der Waals surface area (Å²) in [6.07, 6.45) is 2.41. The van der Waals surface area contributed by atoms with E-state index < -0.39 is 0 Å². The van der Waals surface area contributed by atoms with Gasteiger partial charge in [-0.15, -0.1) is 0 Å². The average Bonchev–Trinajstić information content (AvgIpc) is 3.03. The molecule has 2 N–H and O–H groups in total. The van der Waals surface area contributed by atoms with Crippen LogP contribution in [0.4, 0.5) is 0 Å². The van der Waals surface area contributed by atoms with Gasteiger partial charge >= 0.3 is 0 Å². The summed E-state index contributed by atoms with van der Waals surface area (Å²) >= 11 is 0. The Bertz CT molecular complexity index is 590. The highest BCUT2D eigenvalue weighted by atomic mass is 16.5. The number of hydrogen-bond acceptors (Lipinski definition) is 3. The molecule has 102 valence electrons. The molecule has 0 aliphatic carbocycles. The van der Waals surface area contributed by atoms with E-state index in [1.165, 1.54) is 5.52 Å². The second-order valence-electron chi connectivity index (χ2n) is 5.23. The summed E-state index contributed by atoms with van der Waals surface area (Å²) in [5.74, 6) is 1.55. The molecule has 1 aromatic heterocycles. The van der Waals surface area contributed by atoms with Crippen LogP contribution in [0.5, 0.6) is 0 Å². The maximum Gasteiger partial charge on any atom is 0.115 e. The van der Waals surface area contributed by atoms with Gasteiger partial charge in [0.25, 0.3) is 0 Å². The number of fused-ring (bicyclic) bond motifs is 1. The standard InChI is InChI=1S/C15H21N3O/c1-3-13-11(7-8-19-13)15-17-14-10(9-16)5-4-6-12(14)18(15)2/h4-6,11,13H,3,7-9,16H2,1-2H3. The monoisotopic (exact) mass is 259 g/mol. The van der Waals surface area contributed by atoms with E-state index in [-0.39, 0.29) is 0 Å². The summed E-state index contributed by atoms with van der Waals surface area (Å²) in [6, 6.07) is 6.22. The van der Waals surface area contributed by atoms with Crippen LogP contribution in [0.3, 0.4) is 0 Å².